The molecule has 0 spiro atoms. The highest BCUT2D eigenvalue weighted by molar-refractivity contribution is 7.22. The second-order valence-electron chi connectivity index (χ2n) is 6.90. The van der Waals surface area contributed by atoms with E-state index in [-0.39, 0.29) is 11.8 Å². The molecule has 134 valence electrons. The lowest BCUT2D eigenvalue weighted by Gasteiger charge is -2.22. The molecule has 0 bridgehead atoms. The molecule has 0 radical (unpaired) electrons. The maximum Gasteiger partial charge on any atom is 0.234 e. The summed E-state index contributed by atoms with van der Waals surface area (Å²) in [5.74, 6) is 0.0355. The molecule has 0 saturated carbocycles. The fourth-order valence-electron chi connectivity index (χ4n) is 3.43. The molecule has 4 rings (SSSR count). The average Bonchev–Trinajstić information content (AvgIpc) is 3.29. The van der Waals surface area contributed by atoms with Crippen LogP contribution >= 0.6 is 11.3 Å². The largest absolute Gasteiger partial charge is 0.381 e. The van der Waals surface area contributed by atoms with Crippen molar-refractivity contribution in [3.05, 3.63) is 59.2 Å². The van der Waals surface area contributed by atoms with Crippen molar-refractivity contribution in [3.63, 3.8) is 0 Å². The number of hydrogen-bond donors (Lipinski definition) is 0. The third-order valence-corrected chi connectivity index (χ3v) is 5.80. The molecule has 3 aromatic rings. The highest BCUT2D eigenvalue weighted by atomic mass is 32.1. The Balaban J connectivity index is 1.74. The van der Waals surface area contributed by atoms with Gasteiger partial charge in [-0.2, -0.15) is 0 Å². The van der Waals surface area contributed by atoms with E-state index in [2.05, 4.69) is 26.0 Å². The van der Waals surface area contributed by atoms with Gasteiger partial charge in [-0.05, 0) is 43.0 Å². The van der Waals surface area contributed by atoms with Crippen molar-refractivity contribution in [2.75, 3.05) is 18.1 Å². The van der Waals surface area contributed by atoms with Gasteiger partial charge in [-0.3, -0.25) is 9.69 Å². The predicted octanol–water partition coefficient (Wildman–Crippen LogP) is 4.48. The van der Waals surface area contributed by atoms with Crippen molar-refractivity contribution in [2.45, 2.75) is 26.8 Å². The summed E-state index contributed by atoms with van der Waals surface area (Å²) < 4.78 is 6.57. The second-order valence-corrected chi connectivity index (χ2v) is 7.90. The van der Waals surface area contributed by atoms with E-state index >= 15 is 0 Å². The number of carbonyl (C=O) groups is 1. The summed E-state index contributed by atoms with van der Waals surface area (Å²) in [4.78, 5) is 19.9. The summed E-state index contributed by atoms with van der Waals surface area (Å²) in [7, 11) is 0. The van der Waals surface area contributed by atoms with E-state index in [1.165, 1.54) is 5.56 Å². The minimum absolute atomic E-state index is 0.0754. The lowest BCUT2D eigenvalue weighted by Crippen LogP contribution is -2.36. The van der Waals surface area contributed by atoms with E-state index in [0.29, 0.717) is 19.8 Å². The van der Waals surface area contributed by atoms with Crippen LogP contribution in [0.2, 0.25) is 0 Å². The van der Waals surface area contributed by atoms with Gasteiger partial charge >= 0.3 is 0 Å². The number of ether oxygens (including phenoxy) is 1. The molecular weight excluding hydrogens is 344 g/mol. The summed E-state index contributed by atoms with van der Waals surface area (Å²) in [5, 5.41) is 0.773. The summed E-state index contributed by atoms with van der Waals surface area (Å²) in [6.45, 7) is 5.87. The zero-order valence-electron chi connectivity index (χ0n) is 15.1. The maximum atomic E-state index is 13.2. The number of nitrogens with zero attached hydrogens (tertiary/aromatic N) is 2. The molecule has 26 heavy (non-hydrogen) atoms. The molecule has 1 aromatic heterocycles. The van der Waals surface area contributed by atoms with Crippen molar-refractivity contribution in [2.24, 2.45) is 5.92 Å². The predicted molar refractivity (Wildman–Crippen MR) is 106 cm³/mol. The van der Waals surface area contributed by atoms with Crippen molar-refractivity contribution in [3.8, 4) is 0 Å². The topological polar surface area (TPSA) is 42.4 Å². The van der Waals surface area contributed by atoms with E-state index < -0.39 is 0 Å². The number of amides is 1. The van der Waals surface area contributed by atoms with Crippen LogP contribution in [0.3, 0.4) is 0 Å². The summed E-state index contributed by atoms with van der Waals surface area (Å²) >= 11 is 1.59. The summed E-state index contributed by atoms with van der Waals surface area (Å²) in [6, 6.07) is 14.4. The van der Waals surface area contributed by atoms with E-state index in [4.69, 9.17) is 9.72 Å². The molecule has 2 heterocycles. The molecule has 4 nitrogen and oxygen atoms in total. The summed E-state index contributed by atoms with van der Waals surface area (Å²) in [5.41, 5.74) is 4.46. The minimum Gasteiger partial charge on any atom is -0.381 e. The molecule has 5 heteroatoms. The molecule has 0 aliphatic carbocycles. The van der Waals surface area contributed by atoms with Crippen LogP contribution in [0.15, 0.2) is 42.5 Å². The molecule has 1 unspecified atom stereocenters. The Morgan fingerprint density at radius 2 is 2.08 bits per heavy atom. The van der Waals surface area contributed by atoms with Crippen LogP contribution in [-0.2, 0) is 16.1 Å². The van der Waals surface area contributed by atoms with Gasteiger partial charge in [0.05, 0.1) is 29.3 Å². The molecular formula is C21H22N2O2S. The monoisotopic (exact) mass is 366 g/mol. The number of hydrogen-bond acceptors (Lipinski definition) is 4. The second kappa shape index (κ2) is 7.17. The Bertz CT molecular complexity index is 930. The molecule has 0 N–H and O–H groups in total. The lowest BCUT2D eigenvalue weighted by molar-refractivity contribution is -0.122. The van der Waals surface area contributed by atoms with Crippen LogP contribution in [0.1, 0.15) is 23.1 Å². The van der Waals surface area contributed by atoms with Gasteiger partial charge in [-0.25, -0.2) is 4.98 Å². The molecule has 1 aliphatic rings. The van der Waals surface area contributed by atoms with Gasteiger partial charge in [-0.15, -0.1) is 0 Å². The maximum absolute atomic E-state index is 13.2. The third kappa shape index (κ3) is 3.37. The Kier molecular flexibility index (Phi) is 4.74. The number of thiazole rings is 1. The smallest absolute Gasteiger partial charge is 0.234 e. The minimum atomic E-state index is -0.0754. The first-order chi connectivity index (χ1) is 12.6. The number of anilines is 1. The zero-order valence-corrected chi connectivity index (χ0v) is 15.9. The highest BCUT2D eigenvalue weighted by Gasteiger charge is 2.30. The Morgan fingerprint density at radius 3 is 2.81 bits per heavy atom. The molecule has 1 amide bonds. The van der Waals surface area contributed by atoms with Crippen LogP contribution in [0.4, 0.5) is 5.13 Å². The lowest BCUT2D eigenvalue weighted by atomic mass is 10.1. The highest BCUT2D eigenvalue weighted by Crippen LogP contribution is 2.33. The van der Waals surface area contributed by atoms with Gasteiger partial charge in [0.1, 0.15) is 0 Å². The first-order valence-electron chi connectivity index (χ1n) is 8.92. The molecule has 1 fully saturated rings. The summed E-state index contributed by atoms with van der Waals surface area (Å²) in [6.07, 6.45) is 0.785. The molecule has 1 saturated heterocycles. The van der Waals surface area contributed by atoms with Gasteiger partial charge in [0.25, 0.3) is 0 Å². The molecule has 1 atom stereocenters. The van der Waals surface area contributed by atoms with Gasteiger partial charge in [0, 0.05) is 6.61 Å². The van der Waals surface area contributed by atoms with Gasteiger partial charge in [-0.1, -0.05) is 47.7 Å². The third-order valence-electron chi connectivity index (χ3n) is 4.78. The normalized spacial score (nSPS) is 16.9. The number of fused-ring (bicyclic) bond motifs is 1. The number of carbonyl (C=O) groups excluding carboxylic acids is 1. The van der Waals surface area contributed by atoms with E-state index in [1.807, 2.05) is 35.2 Å². The quantitative estimate of drug-likeness (QED) is 0.683. The zero-order chi connectivity index (χ0) is 18.1. The van der Waals surface area contributed by atoms with Crippen molar-refractivity contribution in [1.29, 1.82) is 0 Å². The van der Waals surface area contributed by atoms with Crippen LogP contribution in [-0.4, -0.2) is 24.1 Å². The van der Waals surface area contributed by atoms with E-state index in [0.717, 1.165) is 32.9 Å². The Morgan fingerprint density at radius 1 is 1.27 bits per heavy atom. The van der Waals surface area contributed by atoms with Crippen molar-refractivity contribution < 1.29 is 9.53 Å². The van der Waals surface area contributed by atoms with Gasteiger partial charge in [0.2, 0.25) is 5.91 Å². The van der Waals surface area contributed by atoms with Crippen molar-refractivity contribution in [1.82, 2.24) is 4.98 Å². The number of aryl methyl sites for hydroxylation is 2. The molecule has 1 aliphatic heterocycles. The number of benzene rings is 2. The van der Waals surface area contributed by atoms with Crippen LogP contribution < -0.4 is 4.90 Å². The standard InChI is InChI=1S/C21H22N2O2S/c1-14-10-15(2)19-18(11-14)26-21(22-19)23(12-16-6-4-3-5-7-16)20(24)17-8-9-25-13-17/h3-7,10-11,17H,8-9,12-13H2,1-2H3. The number of rotatable bonds is 4. The first kappa shape index (κ1) is 17.2. The fourth-order valence-corrected chi connectivity index (χ4v) is 4.58. The van der Waals surface area contributed by atoms with Crippen LogP contribution in [0.25, 0.3) is 10.2 Å². The van der Waals surface area contributed by atoms with Crippen LogP contribution in [0, 0.1) is 19.8 Å². The van der Waals surface area contributed by atoms with Crippen LogP contribution in [0.5, 0.6) is 0 Å². The first-order valence-corrected chi connectivity index (χ1v) is 9.74. The molecule has 2 aromatic carbocycles. The Hall–Kier alpha value is -2.24. The van der Waals surface area contributed by atoms with E-state index in [9.17, 15) is 4.79 Å². The number of aromatic nitrogens is 1. The fraction of sp³-hybridized carbons (Fsp3) is 0.333. The van der Waals surface area contributed by atoms with E-state index in [1.54, 1.807) is 11.3 Å². The average molecular weight is 366 g/mol. The van der Waals surface area contributed by atoms with Gasteiger partial charge < -0.3 is 4.74 Å². The Labute approximate surface area is 157 Å². The van der Waals surface area contributed by atoms with Crippen molar-refractivity contribution >= 4 is 32.6 Å². The van der Waals surface area contributed by atoms with Gasteiger partial charge in [0.15, 0.2) is 5.13 Å². The SMILES string of the molecule is Cc1cc(C)c2nc(N(Cc3ccccc3)C(=O)C3CCOC3)sc2c1.